The minimum absolute atomic E-state index is 0.508. The maximum Gasteiger partial charge on any atom is 0.134 e. The summed E-state index contributed by atoms with van der Waals surface area (Å²) >= 11 is 3.43. The molecule has 3 aromatic rings. The number of benzene rings is 2. The van der Waals surface area contributed by atoms with Crippen LogP contribution in [-0.2, 0) is 6.61 Å². The predicted molar refractivity (Wildman–Crippen MR) is 79.4 cm³/mol. The van der Waals surface area contributed by atoms with Gasteiger partial charge in [-0.3, -0.25) is 0 Å². The van der Waals surface area contributed by atoms with Crippen molar-refractivity contribution in [2.75, 3.05) is 0 Å². The molecule has 0 bridgehead atoms. The fourth-order valence-electron chi connectivity index (χ4n) is 2.17. The Bertz CT molecular complexity index is 716. The molecule has 96 valence electrons. The van der Waals surface area contributed by atoms with Crippen LogP contribution in [0.3, 0.4) is 0 Å². The standard InChI is InChI=1S/C16H13BrO2/c1-11-4-2-7-15-16(11)12(10-19-15)9-18-14-6-3-5-13(17)8-14/h2-8,10H,9H2,1H3. The van der Waals surface area contributed by atoms with Gasteiger partial charge in [0.1, 0.15) is 17.9 Å². The Hall–Kier alpha value is -1.74. The molecule has 0 amide bonds. The topological polar surface area (TPSA) is 22.4 Å². The van der Waals surface area contributed by atoms with Gasteiger partial charge in [0.2, 0.25) is 0 Å². The molecule has 3 heteroatoms. The van der Waals surface area contributed by atoms with E-state index in [1.807, 2.05) is 36.4 Å². The number of hydrogen-bond donors (Lipinski definition) is 0. The molecule has 2 aromatic carbocycles. The van der Waals surface area contributed by atoms with Gasteiger partial charge in [-0.15, -0.1) is 0 Å². The molecular formula is C16H13BrO2. The second-order valence-corrected chi connectivity index (χ2v) is 5.37. The second-order valence-electron chi connectivity index (χ2n) is 4.46. The Morgan fingerprint density at radius 1 is 1.16 bits per heavy atom. The van der Waals surface area contributed by atoms with Crippen LogP contribution in [0.15, 0.2) is 57.6 Å². The van der Waals surface area contributed by atoms with Gasteiger partial charge in [0.25, 0.3) is 0 Å². The minimum Gasteiger partial charge on any atom is -0.489 e. The largest absolute Gasteiger partial charge is 0.489 e. The fourth-order valence-corrected chi connectivity index (χ4v) is 2.55. The zero-order valence-corrected chi connectivity index (χ0v) is 12.1. The molecule has 0 aliphatic rings. The van der Waals surface area contributed by atoms with Gasteiger partial charge in [-0.1, -0.05) is 34.1 Å². The highest BCUT2D eigenvalue weighted by Crippen LogP contribution is 2.26. The van der Waals surface area contributed by atoms with E-state index in [1.165, 1.54) is 5.56 Å². The molecule has 1 heterocycles. The van der Waals surface area contributed by atoms with E-state index in [4.69, 9.17) is 9.15 Å². The summed E-state index contributed by atoms with van der Waals surface area (Å²) < 4.78 is 12.4. The SMILES string of the molecule is Cc1cccc2occ(COc3cccc(Br)c3)c12. The first-order chi connectivity index (χ1) is 9.24. The zero-order chi connectivity index (χ0) is 13.2. The first-order valence-electron chi connectivity index (χ1n) is 6.08. The summed E-state index contributed by atoms with van der Waals surface area (Å²) in [6.45, 7) is 2.59. The van der Waals surface area contributed by atoms with Crippen molar-refractivity contribution in [2.24, 2.45) is 0 Å². The molecule has 0 radical (unpaired) electrons. The van der Waals surface area contributed by atoms with Crippen molar-refractivity contribution in [1.82, 2.24) is 0 Å². The van der Waals surface area contributed by atoms with Gasteiger partial charge in [0.15, 0.2) is 0 Å². The lowest BCUT2D eigenvalue weighted by Crippen LogP contribution is -1.94. The molecular weight excluding hydrogens is 304 g/mol. The number of rotatable bonds is 3. The molecule has 0 saturated heterocycles. The molecule has 1 aromatic heterocycles. The van der Waals surface area contributed by atoms with Crippen LogP contribution in [0, 0.1) is 6.92 Å². The second kappa shape index (κ2) is 5.10. The van der Waals surface area contributed by atoms with E-state index in [9.17, 15) is 0 Å². The van der Waals surface area contributed by atoms with Crippen LogP contribution in [0.1, 0.15) is 11.1 Å². The van der Waals surface area contributed by atoms with E-state index < -0.39 is 0 Å². The van der Waals surface area contributed by atoms with Gasteiger partial charge in [0, 0.05) is 15.4 Å². The number of aryl methyl sites for hydroxylation is 1. The fraction of sp³-hybridized carbons (Fsp3) is 0.125. The van der Waals surface area contributed by atoms with Crippen molar-refractivity contribution in [2.45, 2.75) is 13.5 Å². The van der Waals surface area contributed by atoms with E-state index in [0.717, 1.165) is 26.8 Å². The Morgan fingerprint density at radius 2 is 2.00 bits per heavy atom. The molecule has 19 heavy (non-hydrogen) atoms. The number of furan rings is 1. The normalized spacial score (nSPS) is 10.8. The van der Waals surface area contributed by atoms with Crippen LogP contribution in [-0.4, -0.2) is 0 Å². The highest BCUT2D eigenvalue weighted by molar-refractivity contribution is 9.10. The summed E-state index contributed by atoms with van der Waals surface area (Å²) in [7, 11) is 0. The van der Waals surface area contributed by atoms with Crippen molar-refractivity contribution in [3.63, 3.8) is 0 Å². The molecule has 0 fully saturated rings. The first kappa shape index (κ1) is 12.3. The van der Waals surface area contributed by atoms with Crippen molar-refractivity contribution in [1.29, 1.82) is 0 Å². The van der Waals surface area contributed by atoms with Gasteiger partial charge in [-0.25, -0.2) is 0 Å². The van der Waals surface area contributed by atoms with E-state index in [-0.39, 0.29) is 0 Å². The van der Waals surface area contributed by atoms with E-state index >= 15 is 0 Å². The maximum atomic E-state index is 5.80. The summed E-state index contributed by atoms with van der Waals surface area (Å²) in [6, 6.07) is 13.9. The summed E-state index contributed by atoms with van der Waals surface area (Å²) in [6.07, 6.45) is 1.77. The lowest BCUT2D eigenvalue weighted by Gasteiger charge is -2.06. The van der Waals surface area contributed by atoms with Crippen LogP contribution < -0.4 is 4.74 Å². The number of ether oxygens (including phenoxy) is 1. The van der Waals surface area contributed by atoms with Crippen LogP contribution in [0.5, 0.6) is 5.75 Å². The molecule has 0 unspecified atom stereocenters. The van der Waals surface area contributed by atoms with Gasteiger partial charge >= 0.3 is 0 Å². The maximum absolute atomic E-state index is 5.80. The van der Waals surface area contributed by atoms with E-state index in [1.54, 1.807) is 6.26 Å². The minimum atomic E-state index is 0.508. The highest BCUT2D eigenvalue weighted by Gasteiger charge is 2.08. The summed E-state index contributed by atoms with van der Waals surface area (Å²) in [5.74, 6) is 0.845. The lowest BCUT2D eigenvalue weighted by atomic mass is 10.1. The third kappa shape index (κ3) is 2.51. The molecule has 0 aliphatic carbocycles. The zero-order valence-electron chi connectivity index (χ0n) is 10.5. The Balaban J connectivity index is 1.86. The molecule has 0 N–H and O–H groups in total. The quantitative estimate of drug-likeness (QED) is 0.672. The highest BCUT2D eigenvalue weighted by atomic mass is 79.9. The Kier molecular flexibility index (Phi) is 3.30. The summed E-state index contributed by atoms with van der Waals surface area (Å²) in [5.41, 5.74) is 3.19. The van der Waals surface area contributed by atoms with Crippen LogP contribution in [0.25, 0.3) is 11.0 Å². The van der Waals surface area contributed by atoms with Crippen molar-refractivity contribution >= 4 is 26.9 Å². The van der Waals surface area contributed by atoms with Gasteiger partial charge in [-0.2, -0.15) is 0 Å². The van der Waals surface area contributed by atoms with Crippen LogP contribution >= 0.6 is 15.9 Å². The average molecular weight is 317 g/mol. The molecule has 0 atom stereocenters. The first-order valence-corrected chi connectivity index (χ1v) is 6.87. The average Bonchev–Trinajstić information content (AvgIpc) is 2.81. The monoisotopic (exact) mass is 316 g/mol. The van der Waals surface area contributed by atoms with Crippen molar-refractivity contribution < 1.29 is 9.15 Å². The number of halogens is 1. The smallest absolute Gasteiger partial charge is 0.134 e. The number of fused-ring (bicyclic) bond motifs is 1. The summed E-state index contributed by atoms with van der Waals surface area (Å²) in [5, 5.41) is 1.15. The van der Waals surface area contributed by atoms with Crippen LogP contribution in [0.4, 0.5) is 0 Å². The van der Waals surface area contributed by atoms with Crippen LogP contribution in [0.2, 0.25) is 0 Å². The Labute approximate surface area is 120 Å². The molecule has 0 saturated carbocycles. The van der Waals surface area contributed by atoms with Gasteiger partial charge in [0.05, 0.1) is 6.26 Å². The molecule has 0 spiro atoms. The summed E-state index contributed by atoms with van der Waals surface area (Å²) in [4.78, 5) is 0. The lowest BCUT2D eigenvalue weighted by molar-refractivity contribution is 0.306. The molecule has 0 aliphatic heterocycles. The van der Waals surface area contributed by atoms with Crippen molar-refractivity contribution in [3.05, 3.63) is 64.3 Å². The van der Waals surface area contributed by atoms with E-state index in [0.29, 0.717) is 6.61 Å². The third-order valence-electron chi connectivity index (χ3n) is 3.07. The Morgan fingerprint density at radius 3 is 2.84 bits per heavy atom. The van der Waals surface area contributed by atoms with Gasteiger partial charge < -0.3 is 9.15 Å². The van der Waals surface area contributed by atoms with Crippen molar-refractivity contribution in [3.8, 4) is 5.75 Å². The molecule has 2 nitrogen and oxygen atoms in total. The van der Waals surface area contributed by atoms with Gasteiger partial charge in [-0.05, 0) is 36.8 Å². The number of hydrogen-bond acceptors (Lipinski definition) is 2. The predicted octanol–water partition coefficient (Wildman–Crippen LogP) is 5.08. The third-order valence-corrected chi connectivity index (χ3v) is 3.57. The molecule has 3 rings (SSSR count). The van der Waals surface area contributed by atoms with E-state index in [2.05, 4.69) is 28.9 Å².